The maximum atomic E-state index is 4.62. The molecule has 44 heavy (non-hydrogen) atoms. The van der Waals surface area contributed by atoms with Crippen molar-refractivity contribution < 1.29 is 0 Å². The van der Waals surface area contributed by atoms with E-state index in [-0.39, 0.29) is 5.41 Å². The van der Waals surface area contributed by atoms with Crippen LogP contribution in [-0.2, 0) is 5.41 Å². The number of nitrogens with zero attached hydrogens (tertiary/aromatic N) is 1. The Kier molecular flexibility index (Phi) is 5.23. The summed E-state index contributed by atoms with van der Waals surface area (Å²) in [6.45, 7) is 6.94. The third kappa shape index (κ3) is 3.38. The molecular weight excluding hydrogens is 530 g/mol. The van der Waals surface area contributed by atoms with Crippen molar-refractivity contribution >= 4 is 43.1 Å². The van der Waals surface area contributed by atoms with Crippen LogP contribution < -0.4 is 0 Å². The molecule has 0 saturated carbocycles. The van der Waals surface area contributed by atoms with Crippen molar-refractivity contribution in [3.63, 3.8) is 0 Å². The highest BCUT2D eigenvalue weighted by Crippen LogP contribution is 2.55. The lowest BCUT2D eigenvalue weighted by molar-refractivity contribution is 0.660. The first-order valence-electron chi connectivity index (χ1n) is 15.5. The second-order valence-electron chi connectivity index (χ2n) is 12.8. The van der Waals surface area contributed by atoms with Crippen LogP contribution >= 0.6 is 0 Å². The number of aromatic nitrogens is 1. The van der Waals surface area contributed by atoms with Gasteiger partial charge in [0, 0.05) is 28.8 Å². The molecule has 0 saturated heterocycles. The van der Waals surface area contributed by atoms with Crippen molar-refractivity contribution in [2.75, 3.05) is 0 Å². The first-order valence-corrected chi connectivity index (χ1v) is 15.5. The molecule has 1 aliphatic carbocycles. The predicted molar refractivity (Wildman–Crippen MR) is 187 cm³/mol. The smallest absolute Gasteiger partial charge is 0.0352 e. The summed E-state index contributed by atoms with van der Waals surface area (Å²) in [6, 6.07) is 45.2. The molecule has 208 valence electrons. The fourth-order valence-electron chi connectivity index (χ4n) is 7.99. The molecule has 1 heteroatoms. The van der Waals surface area contributed by atoms with E-state index >= 15 is 0 Å². The highest BCUT2D eigenvalue weighted by Gasteiger charge is 2.37. The van der Waals surface area contributed by atoms with Gasteiger partial charge in [-0.3, -0.25) is 4.98 Å². The number of fused-ring (bicyclic) bond motifs is 7. The van der Waals surface area contributed by atoms with Gasteiger partial charge in [-0.2, -0.15) is 0 Å². The van der Waals surface area contributed by atoms with Gasteiger partial charge in [-0.1, -0.05) is 129 Å². The minimum absolute atomic E-state index is 0.0573. The first kappa shape index (κ1) is 25.2. The zero-order chi connectivity index (χ0) is 29.6. The van der Waals surface area contributed by atoms with Crippen molar-refractivity contribution in [1.29, 1.82) is 0 Å². The molecule has 0 atom stereocenters. The Bertz CT molecular complexity index is 2430. The summed E-state index contributed by atoms with van der Waals surface area (Å²) in [7, 11) is 0. The van der Waals surface area contributed by atoms with Gasteiger partial charge < -0.3 is 0 Å². The van der Waals surface area contributed by atoms with E-state index in [1.807, 2.05) is 12.4 Å². The van der Waals surface area contributed by atoms with E-state index in [0.29, 0.717) is 0 Å². The van der Waals surface area contributed by atoms with Gasteiger partial charge in [-0.15, -0.1) is 0 Å². The van der Waals surface area contributed by atoms with Gasteiger partial charge in [-0.25, -0.2) is 0 Å². The van der Waals surface area contributed by atoms with Gasteiger partial charge in [0.05, 0.1) is 0 Å². The van der Waals surface area contributed by atoms with Crippen LogP contribution in [0.1, 0.15) is 30.5 Å². The normalized spacial score (nSPS) is 13.5. The summed E-state index contributed by atoms with van der Waals surface area (Å²) in [5.74, 6) is 0. The Labute approximate surface area is 257 Å². The number of pyridine rings is 1. The van der Waals surface area contributed by atoms with E-state index in [0.717, 1.165) is 0 Å². The van der Waals surface area contributed by atoms with E-state index in [2.05, 4.69) is 147 Å². The van der Waals surface area contributed by atoms with Gasteiger partial charge in [0.2, 0.25) is 0 Å². The first-order chi connectivity index (χ1) is 21.5. The summed E-state index contributed by atoms with van der Waals surface area (Å²) >= 11 is 0. The van der Waals surface area contributed by atoms with Crippen LogP contribution in [-0.4, -0.2) is 4.98 Å². The molecule has 0 N–H and O–H groups in total. The zero-order valence-electron chi connectivity index (χ0n) is 25.1. The molecule has 8 aromatic rings. The summed E-state index contributed by atoms with van der Waals surface area (Å²) in [5, 5.41) is 10.0. The molecular formula is C43H31N. The van der Waals surface area contributed by atoms with Crippen LogP contribution in [0.15, 0.2) is 134 Å². The van der Waals surface area contributed by atoms with Gasteiger partial charge in [0.15, 0.2) is 0 Å². The topological polar surface area (TPSA) is 12.9 Å². The fourth-order valence-corrected chi connectivity index (χ4v) is 7.99. The maximum Gasteiger partial charge on any atom is 0.0352 e. The lowest BCUT2D eigenvalue weighted by Gasteiger charge is -2.23. The molecule has 1 nitrogen and oxygen atoms in total. The highest BCUT2D eigenvalue weighted by atomic mass is 14.6. The Morgan fingerprint density at radius 1 is 0.455 bits per heavy atom. The SMILES string of the molecule is Cc1ccc2c(-c3c4ccccc4cc4ccncc34)c3ccccc3c(-c3cccc4c3-c3ccccc3C4(C)C)c2c1. The van der Waals surface area contributed by atoms with Gasteiger partial charge in [0.25, 0.3) is 0 Å². The molecule has 0 fully saturated rings. The average Bonchev–Trinajstić information content (AvgIpc) is 3.29. The van der Waals surface area contributed by atoms with Crippen LogP contribution in [0.5, 0.6) is 0 Å². The van der Waals surface area contributed by atoms with Crippen molar-refractivity contribution in [2.24, 2.45) is 0 Å². The van der Waals surface area contributed by atoms with Crippen molar-refractivity contribution in [3.8, 4) is 33.4 Å². The van der Waals surface area contributed by atoms with Gasteiger partial charge in [-0.05, 0) is 95.7 Å². The monoisotopic (exact) mass is 561 g/mol. The zero-order valence-corrected chi connectivity index (χ0v) is 25.1. The summed E-state index contributed by atoms with van der Waals surface area (Å²) < 4.78 is 0. The molecule has 0 aliphatic heterocycles. The third-order valence-corrected chi connectivity index (χ3v) is 9.97. The third-order valence-electron chi connectivity index (χ3n) is 9.97. The molecule has 1 aliphatic rings. The van der Waals surface area contributed by atoms with Gasteiger partial charge in [0.1, 0.15) is 0 Å². The molecule has 0 unspecified atom stereocenters. The molecule has 1 heterocycles. The minimum atomic E-state index is -0.0573. The number of rotatable bonds is 2. The van der Waals surface area contributed by atoms with Crippen LogP contribution in [0.4, 0.5) is 0 Å². The highest BCUT2D eigenvalue weighted by molar-refractivity contribution is 6.28. The lowest BCUT2D eigenvalue weighted by atomic mass is 9.80. The number of hydrogen-bond acceptors (Lipinski definition) is 1. The summed E-state index contributed by atoms with van der Waals surface area (Å²) in [6.07, 6.45) is 3.95. The van der Waals surface area contributed by atoms with Crippen LogP contribution in [0.2, 0.25) is 0 Å². The molecule has 9 rings (SSSR count). The Morgan fingerprint density at radius 3 is 1.95 bits per heavy atom. The molecule has 1 aromatic heterocycles. The molecule has 0 bridgehead atoms. The maximum absolute atomic E-state index is 4.62. The number of hydrogen-bond donors (Lipinski definition) is 0. The second kappa shape index (κ2) is 9.11. The Balaban J connectivity index is 1.50. The molecule has 0 amide bonds. The summed E-state index contributed by atoms with van der Waals surface area (Å²) in [4.78, 5) is 4.62. The lowest BCUT2D eigenvalue weighted by Crippen LogP contribution is -2.14. The standard InChI is InChI=1S/C43H31N/c1-26-19-20-32-35(23-26)39(34-16-10-18-38-40(34)33-15-8-9-17-37(33)43(38,2)3)30-13-6-7-14-31(30)42(32)41-29-12-5-4-11-27(29)24-28-21-22-44-25-36(28)41/h4-25H,1-3H3. The van der Waals surface area contributed by atoms with Crippen LogP contribution in [0.25, 0.3) is 76.5 Å². The van der Waals surface area contributed by atoms with Crippen molar-refractivity contribution in [1.82, 2.24) is 4.98 Å². The number of aryl methyl sites for hydroxylation is 1. The van der Waals surface area contributed by atoms with Crippen molar-refractivity contribution in [2.45, 2.75) is 26.2 Å². The predicted octanol–water partition coefficient (Wildman–Crippen LogP) is 11.6. The molecule has 0 radical (unpaired) electrons. The van der Waals surface area contributed by atoms with E-state index in [1.54, 1.807) is 0 Å². The quantitative estimate of drug-likeness (QED) is 0.191. The average molecular weight is 562 g/mol. The van der Waals surface area contributed by atoms with E-state index in [4.69, 9.17) is 0 Å². The summed E-state index contributed by atoms with van der Waals surface area (Å²) in [5.41, 5.74) is 11.9. The molecule has 0 spiro atoms. The minimum Gasteiger partial charge on any atom is -0.264 e. The molecule has 7 aromatic carbocycles. The Hall–Kier alpha value is -5.27. The van der Waals surface area contributed by atoms with Crippen LogP contribution in [0.3, 0.4) is 0 Å². The van der Waals surface area contributed by atoms with Gasteiger partial charge >= 0.3 is 0 Å². The number of benzene rings is 7. The van der Waals surface area contributed by atoms with E-state index in [1.165, 1.54) is 93.2 Å². The fraction of sp³-hybridized carbons (Fsp3) is 0.0930. The second-order valence-corrected chi connectivity index (χ2v) is 12.8. The van der Waals surface area contributed by atoms with E-state index < -0.39 is 0 Å². The van der Waals surface area contributed by atoms with E-state index in [9.17, 15) is 0 Å². The Morgan fingerprint density at radius 2 is 1.09 bits per heavy atom. The van der Waals surface area contributed by atoms with Crippen LogP contribution in [0, 0.1) is 6.92 Å². The van der Waals surface area contributed by atoms with Crippen molar-refractivity contribution in [3.05, 3.63) is 150 Å². The largest absolute Gasteiger partial charge is 0.264 e.